The molecule has 0 bridgehead atoms. The first-order valence-electron chi connectivity index (χ1n) is 12.0. The van der Waals surface area contributed by atoms with Crippen molar-refractivity contribution >= 4 is 28.8 Å². The molecule has 0 atom stereocenters. The first-order valence-corrected chi connectivity index (χ1v) is 12.0. The van der Waals surface area contributed by atoms with Gasteiger partial charge in [-0.3, -0.25) is 5.32 Å². The highest BCUT2D eigenvalue weighted by molar-refractivity contribution is 5.91. The number of likely N-dealkylation sites (N-methyl/N-ethyl adjacent to an activating group) is 1. The molecule has 0 spiro atoms. The second-order valence-corrected chi connectivity index (χ2v) is 8.78. The molecule has 0 radical (unpaired) electrons. The summed E-state index contributed by atoms with van der Waals surface area (Å²) in [5.74, 6) is 2.71. The maximum absolute atomic E-state index is 13.0. The molecule has 11 nitrogen and oxygen atoms in total. The van der Waals surface area contributed by atoms with Gasteiger partial charge in [0.25, 0.3) is 5.88 Å². The predicted molar refractivity (Wildman–Crippen MR) is 138 cm³/mol. The van der Waals surface area contributed by atoms with E-state index in [-0.39, 0.29) is 17.7 Å². The van der Waals surface area contributed by atoms with Gasteiger partial charge in [-0.05, 0) is 27.9 Å². The van der Waals surface area contributed by atoms with Gasteiger partial charge in [-0.15, -0.1) is 0 Å². The first kappa shape index (κ1) is 25.4. The molecule has 194 valence electrons. The molecule has 4 rings (SSSR count). The van der Waals surface area contributed by atoms with Gasteiger partial charge in [0.15, 0.2) is 5.82 Å². The fourth-order valence-corrected chi connectivity index (χ4v) is 3.92. The summed E-state index contributed by atoms with van der Waals surface area (Å²) < 4.78 is 22.5. The molecule has 36 heavy (non-hydrogen) atoms. The van der Waals surface area contributed by atoms with Crippen molar-refractivity contribution in [1.82, 2.24) is 19.8 Å². The number of nitrogens with zero attached hydrogens (tertiary/aromatic N) is 5. The number of carbonyl (C=O) groups excluding carboxylic acids is 1. The Balaban J connectivity index is 1.40. The quantitative estimate of drug-likeness (QED) is 0.476. The lowest BCUT2D eigenvalue weighted by Gasteiger charge is -2.36. The predicted octanol–water partition coefficient (Wildman–Crippen LogP) is 3.23. The molecular formula is C25H34N6O5. The number of hydrogen-bond acceptors (Lipinski definition) is 9. The number of benzene rings is 1. The van der Waals surface area contributed by atoms with E-state index in [2.05, 4.69) is 25.1 Å². The Morgan fingerprint density at radius 3 is 2.53 bits per heavy atom. The van der Waals surface area contributed by atoms with Crippen LogP contribution < -0.4 is 24.4 Å². The summed E-state index contributed by atoms with van der Waals surface area (Å²) in [5.41, 5.74) is 1.95. The highest BCUT2D eigenvalue weighted by Gasteiger charge is 2.24. The molecule has 0 unspecified atom stereocenters. The average molecular weight is 499 g/mol. The molecule has 2 amide bonds. The number of amides is 2. The Morgan fingerprint density at radius 1 is 1.08 bits per heavy atom. The van der Waals surface area contributed by atoms with E-state index in [1.165, 1.54) is 0 Å². The standard InChI is InChI=1S/C25H34N6O5/c1-6-34-24-22(26-21-13-17(2)36-23(21)28-24)27-25(32)31-9-7-30(8-10-31)18-14-19(33-5)16-20(15-18)35-12-11-29(3)4/h13-16H,6-12H2,1-5H3,(H,26,27,32). The van der Waals surface area contributed by atoms with Gasteiger partial charge in [0.05, 0.1) is 13.7 Å². The third-order valence-corrected chi connectivity index (χ3v) is 5.80. The van der Waals surface area contributed by atoms with Crippen LogP contribution in [-0.4, -0.2) is 92.9 Å². The number of carbonyl (C=O) groups is 1. The summed E-state index contributed by atoms with van der Waals surface area (Å²) in [4.78, 5) is 28.0. The largest absolute Gasteiger partial charge is 0.497 e. The van der Waals surface area contributed by atoms with Crippen LogP contribution in [0.5, 0.6) is 17.4 Å². The van der Waals surface area contributed by atoms with E-state index in [0.717, 1.165) is 23.7 Å². The van der Waals surface area contributed by atoms with Crippen LogP contribution in [0.3, 0.4) is 0 Å². The Labute approximate surface area is 210 Å². The summed E-state index contributed by atoms with van der Waals surface area (Å²) in [5, 5.41) is 2.86. The van der Waals surface area contributed by atoms with Gasteiger partial charge in [-0.2, -0.15) is 4.98 Å². The third-order valence-electron chi connectivity index (χ3n) is 5.80. The molecule has 1 aliphatic heterocycles. The molecule has 0 saturated carbocycles. The number of urea groups is 1. The van der Waals surface area contributed by atoms with Crippen molar-refractivity contribution < 1.29 is 23.4 Å². The Hall–Kier alpha value is -3.73. The van der Waals surface area contributed by atoms with Crippen LogP contribution in [0.1, 0.15) is 12.7 Å². The molecule has 1 aromatic carbocycles. The zero-order chi connectivity index (χ0) is 25.7. The molecule has 1 aliphatic rings. The summed E-state index contributed by atoms with van der Waals surface area (Å²) in [6, 6.07) is 7.42. The minimum atomic E-state index is -0.247. The summed E-state index contributed by atoms with van der Waals surface area (Å²) in [6.07, 6.45) is 0. The van der Waals surface area contributed by atoms with Gasteiger partial charge in [0, 0.05) is 62.7 Å². The molecular weight excluding hydrogens is 464 g/mol. The zero-order valence-corrected chi connectivity index (χ0v) is 21.5. The van der Waals surface area contributed by atoms with Crippen molar-refractivity contribution in [1.29, 1.82) is 0 Å². The lowest BCUT2D eigenvalue weighted by atomic mass is 10.2. The van der Waals surface area contributed by atoms with Crippen molar-refractivity contribution in [2.24, 2.45) is 0 Å². The van der Waals surface area contributed by atoms with Crippen molar-refractivity contribution in [3.05, 3.63) is 30.0 Å². The van der Waals surface area contributed by atoms with Crippen LogP contribution in [0.15, 0.2) is 28.7 Å². The maximum Gasteiger partial charge on any atom is 0.323 e. The number of methoxy groups -OCH3 is 1. The van der Waals surface area contributed by atoms with Crippen LogP contribution in [0.25, 0.3) is 11.2 Å². The van der Waals surface area contributed by atoms with E-state index in [4.69, 9.17) is 18.6 Å². The van der Waals surface area contributed by atoms with E-state index in [1.807, 2.05) is 46.1 Å². The monoisotopic (exact) mass is 498 g/mol. The molecule has 3 aromatic rings. The average Bonchev–Trinajstić information content (AvgIpc) is 3.22. The van der Waals surface area contributed by atoms with Gasteiger partial charge in [-0.1, -0.05) is 0 Å². The van der Waals surface area contributed by atoms with Crippen LogP contribution in [0.2, 0.25) is 0 Å². The number of anilines is 2. The number of nitrogens with one attached hydrogen (secondary N) is 1. The SMILES string of the molecule is CCOc1nc2oc(C)cc2nc1NC(=O)N1CCN(c2cc(OC)cc(OCCN(C)C)c2)CC1. The Kier molecular flexibility index (Phi) is 7.99. The molecule has 1 fully saturated rings. The number of furan rings is 1. The topological polar surface area (TPSA) is 105 Å². The highest BCUT2D eigenvalue weighted by atomic mass is 16.5. The van der Waals surface area contributed by atoms with Gasteiger partial charge in [-0.25, -0.2) is 9.78 Å². The molecule has 1 saturated heterocycles. The summed E-state index contributed by atoms with van der Waals surface area (Å²) in [6.45, 7) is 7.90. The minimum Gasteiger partial charge on any atom is -0.497 e. The normalized spacial score (nSPS) is 13.8. The second-order valence-electron chi connectivity index (χ2n) is 8.78. The molecule has 11 heteroatoms. The zero-order valence-electron chi connectivity index (χ0n) is 21.5. The van der Waals surface area contributed by atoms with E-state index in [1.54, 1.807) is 18.1 Å². The van der Waals surface area contributed by atoms with Crippen molar-refractivity contribution in [2.45, 2.75) is 13.8 Å². The van der Waals surface area contributed by atoms with E-state index in [0.29, 0.717) is 56.4 Å². The van der Waals surface area contributed by atoms with Crippen LogP contribution >= 0.6 is 0 Å². The number of aryl methyl sites for hydroxylation is 1. The minimum absolute atomic E-state index is 0.240. The lowest BCUT2D eigenvalue weighted by Crippen LogP contribution is -2.50. The van der Waals surface area contributed by atoms with E-state index in [9.17, 15) is 4.79 Å². The Bertz CT molecular complexity index is 1190. The fraction of sp³-hybridized carbons (Fsp3) is 0.480. The summed E-state index contributed by atoms with van der Waals surface area (Å²) >= 11 is 0. The van der Waals surface area contributed by atoms with Gasteiger partial charge >= 0.3 is 6.03 Å². The number of rotatable bonds is 9. The fourth-order valence-electron chi connectivity index (χ4n) is 3.92. The second kappa shape index (κ2) is 11.3. The number of ether oxygens (including phenoxy) is 3. The highest BCUT2D eigenvalue weighted by Crippen LogP contribution is 2.30. The number of aromatic nitrogens is 2. The Morgan fingerprint density at radius 2 is 1.83 bits per heavy atom. The molecule has 3 heterocycles. The van der Waals surface area contributed by atoms with Crippen LogP contribution in [-0.2, 0) is 0 Å². The number of piperazine rings is 1. The van der Waals surface area contributed by atoms with Gasteiger partial charge < -0.3 is 33.3 Å². The smallest absolute Gasteiger partial charge is 0.323 e. The molecule has 0 aliphatic carbocycles. The number of hydrogen-bond donors (Lipinski definition) is 1. The van der Waals surface area contributed by atoms with Crippen molar-refractivity contribution in [3.8, 4) is 17.4 Å². The molecule has 2 aromatic heterocycles. The molecule has 1 N–H and O–H groups in total. The maximum atomic E-state index is 13.0. The summed E-state index contributed by atoms with van der Waals surface area (Å²) in [7, 11) is 5.67. The van der Waals surface area contributed by atoms with Gasteiger partial charge in [0.1, 0.15) is 29.4 Å². The first-order chi connectivity index (χ1) is 17.4. The van der Waals surface area contributed by atoms with Crippen molar-refractivity contribution in [3.63, 3.8) is 0 Å². The van der Waals surface area contributed by atoms with Gasteiger partial charge in [0.2, 0.25) is 5.71 Å². The van der Waals surface area contributed by atoms with Crippen LogP contribution in [0, 0.1) is 6.92 Å². The lowest BCUT2D eigenvalue weighted by molar-refractivity contribution is 0.207. The third kappa shape index (κ3) is 6.09. The van der Waals surface area contributed by atoms with E-state index < -0.39 is 0 Å². The van der Waals surface area contributed by atoms with Crippen molar-refractivity contribution in [2.75, 3.05) is 77.4 Å². The number of fused-ring (bicyclic) bond motifs is 1. The van der Waals surface area contributed by atoms with E-state index >= 15 is 0 Å². The van der Waals surface area contributed by atoms with Crippen LogP contribution in [0.4, 0.5) is 16.3 Å².